The van der Waals surface area contributed by atoms with Gasteiger partial charge in [0.05, 0.1) is 6.04 Å². The van der Waals surface area contributed by atoms with Gasteiger partial charge in [0.25, 0.3) is 0 Å². The van der Waals surface area contributed by atoms with E-state index in [0.717, 1.165) is 18.7 Å². The molecule has 1 aromatic rings. The van der Waals surface area contributed by atoms with Crippen molar-refractivity contribution in [2.75, 3.05) is 6.54 Å². The van der Waals surface area contributed by atoms with Crippen LogP contribution in [0, 0.1) is 12.8 Å². The lowest BCUT2D eigenvalue weighted by Crippen LogP contribution is -2.24. The summed E-state index contributed by atoms with van der Waals surface area (Å²) in [6.45, 7) is 9.78. The second-order valence-electron chi connectivity index (χ2n) is 4.09. The van der Waals surface area contributed by atoms with E-state index in [1.807, 2.05) is 0 Å². The SMILES string of the molecule is CCC(NCC(C)C)c1nc(C)cs1. The zero-order chi connectivity index (χ0) is 10.6. The van der Waals surface area contributed by atoms with Crippen LogP contribution in [-0.4, -0.2) is 11.5 Å². The van der Waals surface area contributed by atoms with Gasteiger partial charge in [-0.2, -0.15) is 0 Å². The maximum atomic E-state index is 4.52. The maximum absolute atomic E-state index is 4.52. The smallest absolute Gasteiger partial charge is 0.110 e. The van der Waals surface area contributed by atoms with Gasteiger partial charge < -0.3 is 5.32 Å². The molecule has 0 aliphatic carbocycles. The monoisotopic (exact) mass is 212 g/mol. The van der Waals surface area contributed by atoms with E-state index >= 15 is 0 Å². The molecule has 1 heterocycles. The van der Waals surface area contributed by atoms with E-state index in [9.17, 15) is 0 Å². The lowest BCUT2D eigenvalue weighted by Gasteiger charge is -2.15. The number of rotatable bonds is 5. The lowest BCUT2D eigenvalue weighted by molar-refractivity contribution is 0.463. The van der Waals surface area contributed by atoms with Crippen LogP contribution in [0.2, 0.25) is 0 Å². The van der Waals surface area contributed by atoms with Crippen molar-refractivity contribution in [2.45, 2.75) is 40.2 Å². The van der Waals surface area contributed by atoms with Crippen molar-refractivity contribution in [3.8, 4) is 0 Å². The van der Waals surface area contributed by atoms with E-state index in [2.05, 4.69) is 43.4 Å². The van der Waals surface area contributed by atoms with Crippen LogP contribution < -0.4 is 5.32 Å². The second kappa shape index (κ2) is 5.47. The molecule has 0 saturated heterocycles. The summed E-state index contributed by atoms with van der Waals surface area (Å²) in [6, 6.07) is 0.441. The molecule has 0 amide bonds. The van der Waals surface area contributed by atoms with Gasteiger partial charge in [0.1, 0.15) is 5.01 Å². The van der Waals surface area contributed by atoms with Crippen LogP contribution in [0.25, 0.3) is 0 Å². The minimum atomic E-state index is 0.441. The third-order valence-electron chi connectivity index (χ3n) is 2.12. The van der Waals surface area contributed by atoms with Gasteiger partial charge in [0.15, 0.2) is 0 Å². The Bertz CT molecular complexity index is 268. The largest absolute Gasteiger partial charge is 0.308 e. The van der Waals surface area contributed by atoms with Crippen LogP contribution in [0.5, 0.6) is 0 Å². The third-order valence-corrected chi connectivity index (χ3v) is 3.19. The molecule has 0 fully saturated rings. The van der Waals surface area contributed by atoms with Crippen LogP contribution >= 0.6 is 11.3 Å². The van der Waals surface area contributed by atoms with Crippen LogP contribution in [0.1, 0.15) is 43.9 Å². The Morgan fingerprint density at radius 2 is 2.21 bits per heavy atom. The van der Waals surface area contributed by atoms with Gasteiger partial charge in [-0.25, -0.2) is 4.98 Å². The predicted molar refractivity (Wildman–Crippen MR) is 62.7 cm³/mol. The molecule has 0 aliphatic heterocycles. The Kier molecular flexibility index (Phi) is 4.55. The van der Waals surface area contributed by atoms with Gasteiger partial charge in [-0.05, 0) is 25.8 Å². The van der Waals surface area contributed by atoms with Gasteiger partial charge in [-0.15, -0.1) is 11.3 Å². The van der Waals surface area contributed by atoms with Crippen LogP contribution in [-0.2, 0) is 0 Å². The first-order chi connectivity index (χ1) is 6.63. The fraction of sp³-hybridized carbons (Fsp3) is 0.727. The molecule has 1 N–H and O–H groups in total. The zero-order valence-electron chi connectivity index (χ0n) is 9.50. The lowest BCUT2D eigenvalue weighted by atomic mass is 10.2. The summed E-state index contributed by atoms with van der Waals surface area (Å²) in [5.74, 6) is 0.699. The number of aromatic nitrogens is 1. The number of nitrogens with zero attached hydrogens (tertiary/aromatic N) is 1. The standard InChI is InChI=1S/C11H20N2S/c1-5-10(12-6-8(2)3)11-13-9(4)7-14-11/h7-8,10,12H,5-6H2,1-4H3. The van der Waals surface area contributed by atoms with E-state index in [4.69, 9.17) is 0 Å². The van der Waals surface area contributed by atoms with Crippen LogP contribution in [0.15, 0.2) is 5.38 Å². The second-order valence-corrected chi connectivity index (χ2v) is 4.98. The zero-order valence-corrected chi connectivity index (χ0v) is 10.3. The fourth-order valence-corrected chi connectivity index (χ4v) is 2.27. The molecule has 0 spiro atoms. The summed E-state index contributed by atoms with van der Waals surface area (Å²) in [5, 5.41) is 6.89. The number of hydrogen-bond acceptors (Lipinski definition) is 3. The summed E-state index contributed by atoms with van der Waals surface area (Å²) in [5.41, 5.74) is 1.13. The first-order valence-electron chi connectivity index (χ1n) is 5.28. The Labute approximate surface area is 90.8 Å². The van der Waals surface area contributed by atoms with Crippen molar-refractivity contribution in [1.82, 2.24) is 10.3 Å². The molecule has 2 nitrogen and oxygen atoms in total. The minimum Gasteiger partial charge on any atom is -0.308 e. The molecule has 1 unspecified atom stereocenters. The molecule has 0 aliphatic rings. The van der Waals surface area contributed by atoms with Crippen molar-refractivity contribution in [2.24, 2.45) is 5.92 Å². The van der Waals surface area contributed by atoms with Crippen LogP contribution in [0.4, 0.5) is 0 Å². The average Bonchev–Trinajstić information content (AvgIpc) is 2.53. The molecule has 1 rings (SSSR count). The molecule has 14 heavy (non-hydrogen) atoms. The molecule has 0 bridgehead atoms. The minimum absolute atomic E-state index is 0.441. The topological polar surface area (TPSA) is 24.9 Å². The van der Waals surface area contributed by atoms with Crippen molar-refractivity contribution in [3.05, 3.63) is 16.1 Å². The highest BCUT2D eigenvalue weighted by Gasteiger charge is 2.12. The summed E-state index contributed by atoms with van der Waals surface area (Å²) in [7, 11) is 0. The quantitative estimate of drug-likeness (QED) is 0.811. The first-order valence-corrected chi connectivity index (χ1v) is 6.16. The maximum Gasteiger partial charge on any atom is 0.110 e. The van der Waals surface area contributed by atoms with Crippen molar-refractivity contribution < 1.29 is 0 Å². The Morgan fingerprint density at radius 3 is 2.64 bits per heavy atom. The Balaban J connectivity index is 2.54. The van der Waals surface area contributed by atoms with E-state index in [1.165, 1.54) is 5.01 Å². The van der Waals surface area contributed by atoms with Gasteiger partial charge in [0, 0.05) is 11.1 Å². The summed E-state index contributed by atoms with van der Waals surface area (Å²) in [4.78, 5) is 4.52. The Hall–Kier alpha value is -0.410. The molecule has 0 aromatic carbocycles. The van der Waals surface area contributed by atoms with E-state index in [-0.39, 0.29) is 0 Å². The highest BCUT2D eigenvalue weighted by molar-refractivity contribution is 7.09. The molecular formula is C11H20N2S. The third kappa shape index (κ3) is 3.39. The van der Waals surface area contributed by atoms with Gasteiger partial charge >= 0.3 is 0 Å². The first kappa shape index (κ1) is 11.7. The fourth-order valence-electron chi connectivity index (χ4n) is 1.32. The van der Waals surface area contributed by atoms with Gasteiger partial charge in [-0.1, -0.05) is 20.8 Å². The van der Waals surface area contributed by atoms with Crippen molar-refractivity contribution in [3.63, 3.8) is 0 Å². The number of hydrogen-bond donors (Lipinski definition) is 1. The Morgan fingerprint density at radius 1 is 1.50 bits per heavy atom. The van der Waals surface area contributed by atoms with E-state index in [0.29, 0.717) is 12.0 Å². The molecule has 0 radical (unpaired) electrons. The predicted octanol–water partition coefficient (Wildman–Crippen LogP) is 3.15. The van der Waals surface area contributed by atoms with Crippen molar-refractivity contribution >= 4 is 11.3 Å². The normalized spacial score (nSPS) is 13.5. The number of aryl methyl sites for hydroxylation is 1. The van der Waals surface area contributed by atoms with E-state index in [1.54, 1.807) is 11.3 Å². The highest BCUT2D eigenvalue weighted by atomic mass is 32.1. The van der Waals surface area contributed by atoms with Gasteiger partial charge in [-0.3, -0.25) is 0 Å². The summed E-state index contributed by atoms with van der Waals surface area (Å²) in [6.07, 6.45) is 1.11. The number of thiazole rings is 1. The van der Waals surface area contributed by atoms with Gasteiger partial charge in [0.2, 0.25) is 0 Å². The molecule has 3 heteroatoms. The molecular weight excluding hydrogens is 192 g/mol. The number of nitrogens with one attached hydrogen (secondary N) is 1. The van der Waals surface area contributed by atoms with E-state index < -0.39 is 0 Å². The van der Waals surface area contributed by atoms with Crippen LogP contribution in [0.3, 0.4) is 0 Å². The molecule has 1 atom stereocenters. The highest BCUT2D eigenvalue weighted by Crippen LogP contribution is 2.20. The average molecular weight is 212 g/mol. The summed E-state index contributed by atoms with van der Waals surface area (Å²) >= 11 is 1.76. The van der Waals surface area contributed by atoms with Crippen molar-refractivity contribution in [1.29, 1.82) is 0 Å². The summed E-state index contributed by atoms with van der Waals surface area (Å²) < 4.78 is 0. The molecule has 80 valence electrons. The molecule has 0 saturated carbocycles. The molecule has 1 aromatic heterocycles.